The van der Waals surface area contributed by atoms with E-state index in [1.54, 1.807) is 42.5 Å². The molecule has 0 saturated carbocycles. The minimum atomic E-state index is -3.99. The summed E-state index contributed by atoms with van der Waals surface area (Å²) >= 11 is 25.0. The van der Waals surface area contributed by atoms with E-state index in [1.165, 1.54) is 30.5 Å². The third-order valence-electron chi connectivity index (χ3n) is 3.94. The maximum Gasteiger partial charge on any atom is 0.242 e. The Morgan fingerprint density at radius 1 is 0.862 bits per heavy atom. The molecule has 29 heavy (non-hydrogen) atoms. The number of pyridine rings is 1. The summed E-state index contributed by atoms with van der Waals surface area (Å²) in [7, 11) is -3.99. The number of hydrogen-bond acceptors (Lipinski definition) is 4. The Balaban J connectivity index is 1.97. The average Bonchev–Trinajstić information content (AvgIpc) is 2.70. The molecule has 1 atom stereocenters. The lowest BCUT2D eigenvalue weighted by molar-refractivity contribution is 0.546. The van der Waals surface area contributed by atoms with Crippen LogP contribution in [0.4, 0.5) is 5.82 Å². The maximum atomic E-state index is 12.9. The van der Waals surface area contributed by atoms with Gasteiger partial charge in [0.2, 0.25) is 10.0 Å². The first-order valence-corrected chi connectivity index (χ1v) is 11.3. The van der Waals surface area contributed by atoms with Crippen molar-refractivity contribution in [1.29, 1.82) is 0 Å². The molecule has 0 amide bonds. The highest BCUT2D eigenvalue weighted by Gasteiger charge is 2.40. The molecule has 152 valence electrons. The number of halogens is 4. The highest BCUT2D eigenvalue weighted by atomic mass is 35.5. The summed E-state index contributed by atoms with van der Waals surface area (Å²) in [5.41, 5.74) is 0.494. The van der Waals surface area contributed by atoms with Gasteiger partial charge in [0.25, 0.3) is 0 Å². The summed E-state index contributed by atoms with van der Waals surface area (Å²) in [4.78, 5) is 4.14. The lowest BCUT2D eigenvalue weighted by atomic mass is 10.1. The van der Waals surface area contributed by atoms with Crippen LogP contribution in [-0.2, 0) is 14.4 Å². The zero-order chi connectivity index (χ0) is 21.1. The van der Waals surface area contributed by atoms with Gasteiger partial charge in [0.15, 0.2) is 4.33 Å². The van der Waals surface area contributed by atoms with Crippen molar-refractivity contribution in [1.82, 2.24) is 9.71 Å². The lowest BCUT2D eigenvalue weighted by Crippen LogP contribution is -2.50. The van der Waals surface area contributed by atoms with Gasteiger partial charge in [0.05, 0.1) is 9.92 Å². The Hall–Kier alpha value is -1.54. The van der Waals surface area contributed by atoms with Crippen molar-refractivity contribution in [3.8, 4) is 0 Å². The number of nitrogens with zero attached hydrogens (tertiary/aromatic N) is 1. The molecule has 10 heteroatoms. The number of rotatable bonds is 7. The van der Waals surface area contributed by atoms with Gasteiger partial charge < -0.3 is 5.32 Å². The zero-order valence-electron chi connectivity index (χ0n) is 14.7. The van der Waals surface area contributed by atoms with E-state index in [4.69, 9.17) is 46.4 Å². The SMILES string of the molecule is O=S(=O)(NC(Nc1ccc(Cl)cn1)C(Cl)(Cl)c1ccccc1)c1ccc(Cl)cc1. The lowest BCUT2D eigenvalue weighted by Gasteiger charge is -2.32. The molecular formula is C19H15Cl4N3O2S. The predicted octanol–water partition coefficient (Wildman–Crippen LogP) is 5.44. The van der Waals surface area contributed by atoms with Crippen LogP contribution in [0.2, 0.25) is 10.0 Å². The van der Waals surface area contributed by atoms with Crippen LogP contribution in [0.15, 0.2) is 77.8 Å². The summed E-state index contributed by atoms with van der Waals surface area (Å²) in [6.07, 6.45) is 0.254. The summed E-state index contributed by atoms with van der Waals surface area (Å²) in [6.45, 7) is 0. The quantitative estimate of drug-likeness (QED) is 0.342. The first-order chi connectivity index (χ1) is 13.7. The predicted molar refractivity (Wildman–Crippen MR) is 118 cm³/mol. The van der Waals surface area contributed by atoms with Crippen molar-refractivity contribution in [2.75, 3.05) is 5.32 Å². The highest BCUT2D eigenvalue weighted by molar-refractivity contribution is 7.89. The molecule has 5 nitrogen and oxygen atoms in total. The topological polar surface area (TPSA) is 71.1 Å². The van der Waals surface area contributed by atoms with Crippen molar-refractivity contribution >= 4 is 62.2 Å². The Labute approximate surface area is 189 Å². The van der Waals surface area contributed by atoms with Crippen LogP contribution in [0.25, 0.3) is 0 Å². The fourth-order valence-corrected chi connectivity index (χ4v) is 4.48. The van der Waals surface area contributed by atoms with Gasteiger partial charge in [-0.05, 0) is 42.0 Å². The van der Waals surface area contributed by atoms with Crippen LogP contribution >= 0.6 is 46.4 Å². The van der Waals surface area contributed by atoms with Gasteiger partial charge in [-0.2, -0.15) is 4.72 Å². The van der Waals surface area contributed by atoms with Gasteiger partial charge in [-0.15, -0.1) is 0 Å². The molecule has 3 aromatic rings. The average molecular weight is 491 g/mol. The van der Waals surface area contributed by atoms with Crippen molar-refractivity contribution in [2.24, 2.45) is 0 Å². The molecule has 1 unspecified atom stereocenters. The number of sulfonamides is 1. The summed E-state index contributed by atoms with van der Waals surface area (Å²) in [5.74, 6) is 0.333. The van der Waals surface area contributed by atoms with Crippen molar-refractivity contribution in [3.63, 3.8) is 0 Å². The van der Waals surface area contributed by atoms with Crippen molar-refractivity contribution < 1.29 is 8.42 Å². The second-order valence-corrected chi connectivity index (χ2v) is 9.98. The van der Waals surface area contributed by atoms with Gasteiger partial charge in [-0.1, -0.05) is 76.7 Å². The van der Waals surface area contributed by atoms with Gasteiger partial charge in [0, 0.05) is 11.2 Å². The summed E-state index contributed by atoms with van der Waals surface area (Å²) in [5, 5.41) is 3.78. The number of aromatic nitrogens is 1. The molecule has 0 fully saturated rings. The smallest absolute Gasteiger partial charge is 0.242 e. The van der Waals surface area contributed by atoms with Gasteiger partial charge in [-0.25, -0.2) is 13.4 Å². The molecule has 0 radical (unpaired) electrons. The standard InChI is InChI=1S/C19H15Cl4N3O2S/c20-14-6-9-16(10-7-14)29(27,28)26-18(25-17-11-8-15(21)12-24-17)19(22,23)13-4-2-1-3-5-13/h1-12,18,26H,(H,24,25). The molecule has 2 aromatic carbocycles. The Morgan fingerprint density at radius 3 is 2.07 bits per heavy atom. The largest absolute Gasteiger partial charge is 0.351 e. The molecule has 1 aromatic heterocycles. The van der Waals surface area contributed by atoms with Crippen LogP contribution < -0.4 is 10.0 Å². The van der Waals surface area contributed by atoms with Crippen LogP contribution in [0.5, 0.6) is 0 Å². The molecule has 0 aliphatic rings. The number of hydrogen-bond donors (Lipinski definition) is 2. The summed E-state index contributed by atoms with van der Waals surface area (Å²) in [6, 6.07) is 17.6. The van der Waals surface area contributed by atoms with E-state index in [2.05, 4.69) is 15.0 Å². The number of nitrogens with one attached hydrogen (secondary N) is 2. The Morgan fingerprint density at radius 2 is 1.48 bits per heavy atom. The minimum absolute atomic E-state index is 0.00922. The molecule has 0 spiro atoms. The minimum Gasteiger partial charge on any atom is -0.351 e. The Bertz CT molecular complexity index is 1060. The number of anilines is 1. The van der Waals surface area contributed by atoms with Crippen LogP contribution in [0.1, 0.15) is 5.56 Å². The number of benzene rings is 2. The number of alkyl halides is 2. The van der Waals surface area contributed by atoms with E-state index in [0.717, 1.165) is 0 Å². The van der Waals surface area contributed by atoms with E-state index in [1.807, 2.05) is 0 Å². The third kappa shape index (κ3) is 5.54. The molecule has 0 aliphatic heterocycles. The van der Waals surface area contributed by atoms with Crippen LogP contribution in [0, 0.1) is 0 Å². The van der Waals surface area contributed by atoms with Gasteiger partial charge in [0.1, 0.15) is 12.0 Å². The van der Waals surface area contributed by atoms with E-state index in [0.29, 0.717) is 21.4 Å². The fourth-order valence-electron chi connectivity index (χ4n) is 2.47. The van der Waals surface area contributed by atoms with Crippen LogP contribution in [0.3, 0.4) is 0 Å². The zero-order valence-corrected chi connectivity index (χ0v) is 18.5. The van der Waals surface area contributed by atoms with E-state index >= 15 is 0 Å². The molecular weight excluding hydrogens is 476 g/mol. The van der Waals surface area contributed by atoms with E-state index in [-0.39, 0.29) is 4.90 Å². The molecule has 0 saturated heterocycles. The van der Waals surface area contributed by atoms with Gasteiger partial charge >= 0.3 is 0 Å². The maximum absolute atomic E-state index is 12.9. The fraction of sp³-hybridized carbons (Fsp3) is 0.105. The normalized spacial score (nSPS) is 13.1. The van der Waals surface area contributed by atoms with E-state index in [9.17, 15) is 8.42 Å². The molecule has 0 aliphatic carbocycles. The molecule has 2 N–H and O–H groups in total. The first-order valence-electron chi connectivity index (χ1n) is 8.28. The molecule has 1 heterocycles. The van der Waals surface area contributed by atoms with Crippen molar-refractivity contribution in [3.05, 3.63) is 88.5 Å². The molecule has 0 bridgehead atoms. The Kier molecular flexibility index (Phi) is 6.94. The van der Waals surface area contributed by atoms with Crippen molar-refractivity contribution in [2.45, 2.75) is 15.4 Å². The second-order valence-electron chi connectivity index (χ2n) is 6.00. The second kappa shape index (κ2) is 9.08. The van der Waals surface area contributed by atoms with E-state index < -0.39 is 20.5 Å². The monoisotopic (exact) mass is 489 g/mol. The third-order valence-corrected chi connectivity index (χ3v) is 6.72. The highest BCUT2D eigenvalue weighted by Crippen LogP contribution is 2.38. The molecule has 3 rings (SSSR count). The first kappa shape index (κ1) is 22.2. The summed E-state index contributed by atoms with van der Waals surface area (Å²) < 4.78 is 26.7. The van der Waals surface area contributed by atoms with Gasteiger partial charge in [-0.3, -0.25) is 0 Å². The van der Waals surface area contributed by atoms with Crippen LogP contribution in [-0.4, -0.2) is 19.6 Å².